The van der Waals surface area contributed by atoms with E-state index in [0.717, 1.165) is 17.0 Å². The van der Waals surface area contributed by atoms with Crippen molar-refractivity contribution < 1.29 is 4.79 Å². The van der Waals surface area contributed by atoms with Gasteiger partial charge in [0.15, 0.2) is 11.0 Å². The normalized spacial score (nSPS) is 10.5. The highest BCUT2D eigenvalue weighted by atomic mass is 32.2. The molecule has 0 aliphatic rings. The molecule has 0 spiro atoms. The van der Waals surface area contributed by atoms with Crippen LogP contribution in [0, 0.1) is 0 Å². The average Bonchev–Trinajstić information content (AvgIpc) is 3.00. The molecule has 6 nitrogen and oxygen atoms in total. The van der Waals surface area contributed by atoms with Crippen molar-refractivity contribution in [3.05, 3.63) is 60.4 Å². The molecule has 0 unspecified atom stereocenters. The van der Waals surface area contributed by atoms with Crippen molar-refractivity contribution in [2.75, 3.05) is 5.75 Å². The third kappa shape index (κ3) is 3.99. The molecule has 0 bridgehead atoms. The van der Waals surface area contributed by atoms with Gasteiger partial charge in [0.05, 0.1) is 5.75 Å². The molecule has 2 aromatic heterocycles. The zero-order chi connectivity index (χ0) is 16.8. The van der Waals surface area contributed by atoms with Crippen LogP contribution in [-0.4, -0.2) is 31.4 Å². The van der Waals surface area contributed by atoms with Crippen molar-refractivity contribution in [1.29, 1.82) is 0 Å². The standard InChI is InChI=1S/C17H17N5OS/c1-22-16(14-7-3-2-4-8-14)20-21-17(22)24-12-15(23)19-11-13-6-5-9-18-10-13/h2-10H,11-12H2,1H3,(H,19,23). The summed E-state index contributed by atoms with van der Waals surface area (Å²) in [7, 11) is 1.90. The number of aromatic nitrogens is 4. The summed E-state index contributed by atoms with van der Waals surface area (Å²) in [5, 5.41) is 12.0. The quantitative estimate of drug-likeness (QED) is 0.698. The van der Waals surface area contributed by atoms with E-state index < -0.39 is 0 Å². The fourth-order valence-electron chi connectivity index (χ4n) is 2.16. The van der Waals surface area contributed by atoms with Crippen LogP contribution in [0.4, 0.5) is 0 Å². The van der Waals surface area contributed by atoms with E-state index in [1.165, 1.54) is 11.8 Å². The van der Waals surface area contributed by atoms with Gasteiger partial charge < -0.3 is 9.88 Å². The zero-order valence-corrected chi connectivity index (χ0v) is 14.0. The number of pyridine rings is 1. The smallest absolute Gasteiger partial charge is 0.230 e. The summed E-state index contributed by atoms with van der Waals surface area (Å²) in [6.45, 7) is 0.474. The second kappa shape index (κ2) is 7.74. The van der Waals surface area contributed by atoms with Crippen molar-refractivity contribution in [2.24, 2.45) is 7.05 Å². The van der Waals surface area contributed by atoms with Gasteiger partial charge in [0.25, 0.3) is 0 Å². The number of benzene rings is 1. The largest absolute Gasteiger partial charge is 0.351 e. The highest BCUT2D eigenvalue weighted by molar-refractivity contribution is 7.99. The lowest BCUT2D eigenvalue weighted by Crippen LogP contribution is -2.24. The number of carbonyl (C=O) groups excluding carboxylic acids is 1. The van der Waals surface area contributed by atoms with Gasteiger partial charge in [-0.1, -0.05) is 48.2 Å². The lowest BCUT2D eigenvalue weighted by Gasteiger charge is -2.05. The molecule has 0 aliphatic heterocycles. The minimum Gasteiger partial charge on any atom is -0.351 e. The Morgan fingerprint density at radius 2 is 2.00 bits per heavy atom. The summed E-state index contributed by atoms with van der Waals surface area (Å²) in [5.74, 6) is 1.03. The molecule has 0 aliphatic carbocycles. The van der Waals surface area contributed by atoms with Gasteiger partial charge in [-0.25, -0.2) is 0 Å². The number of rotatable bonds is 6. The third-order valence-corrected chi connectivity index (χ3v) is 4.43. The van der Waals surface area contributed by atoms with E-state index >= 15 is 0 Å². The zero-order valence-electron chi connectivity index (χ0n) is 13.2. The predicted octanol–water partition coefficient (Wildman–Crippen LogP) is 2.29. The summed E-state index contributed by atoms with van der Waals surface area (Å²) in [6, 6.07) is 13.6. The van der Waals surface area contributed by atoms with E-state index in [9.17, 15) is 4.79 Å². The highest BCUT2D eigenvalue weighted by Crippen LogP contribution is 2.22. The monoisotopic (exact) mass is 339 g/mol. The van der Waals surface area contributed by atoms with E-state index in [1.54, 1.807) is 12.4 Å². The number of carbonyl (C=O) groups is 1. The van der Waals surface area contributed by atoms with Crippen LogP contribution in [0.25, 0.3) is 11.4 Å². The highest BCUT2D eigenvalue weighted by Gasteiger charge is 2.12. The number of thioether (sulfide) groups is 1. The van der Waals surface area contributed by atoms with Crippen LogP contribution in [0.15, 0.2) is 60.0 Å². The van der Waals surface area contributed by atoms with Gasteiger partial charge >= 0.3 is 0 Å². The number of hydrogen-bond acceptors (Lipinski definition) is 5. The molecule has 1 N–H and O–H groups in total. The van der Waals surface area contributed by atoms with Crippen LogP contribution >= 0.6 is 11.8 Å². The molecule has 0 fully saturated rings. The first kappa shape index (κ1) is 16.2. The Labute approximate surface area is 144 Å². The van der Waals surface area contributed by atoms with Crippen LogP contribution in [0.5, 0.6) is 0 Å². The summed E-state index contributed by atoms with van der Waals surface area (Å²) in [5.41, 5.74) is 1.97. The van der Waals surface area contributed by atoms with Crippen molar-refractivity contribution >= 4 is 17.7 Å². The Hall–Kier alpha value is -2.67. The van der Waals surface area contributed by atoms with Crippen LogP contribution in [-0.2, 0) is 18.4 Å². The van der Waals surface area contributed by atoms with Crippen molar-refractivity contribution in [2.45, 2.75) is 11.7 Å². The maximum Gasteiger partial charge on any atom is 0.230 e. The number of nitrogens with one attached hydrogen (secondary N) is 1. The van der Waals surface area contributed by atoms with Crippen molar-refractivity contribution in [3.8, 4) is 11.4 Å². The SMILES string of the molecule is Cn1c(SCC(=O)NCc2cccnc2)nnc1-c1ccccc1. The van der Waals surface area contributed by atoms with E-state index in [2.05, 4.69) is 20.5 Å². The van der Waals surface area contributed by atoms with E-state index in [-0.39, 0.29) is 5.91 Å². The molecule has 1 amide bonds. The molecule has 3 rings (SSSR count). The summed E-state index contributed by atoms with van der Waals surface area (Å²) < 4.78 is 1.90. The lowest BCUT2D eigenvalue weighted by molar-refractivity contribution is -0.118. The molecular weight excluding hydrogens is 322 g/mol. The Kier molecular flexibility index (Phi) is 5.22. The molecule has 0 saturated heterocycles. The van der Waals surface area contributed by atoms with Gasteiger partial charge in [-0.15, -0.1) is 10.2 Å². The second-order valence-corrected chi connectivity index (χ2v) is 6.10. The lowest BCUT2D eigenvalue weighted by atomic mass is 10.2. The fourth-order valence-corrected chi connectivity index (χ4v) is 2.90. The first-order chi connectivity index (χ1) is 11.7. The van der Waals surface area contributed by atoms with Gasteiger partial charge in [0.2, 0.25) is 5.91 Å². The van der Waals surface area contributed by atoms with Crippen LogP contribution in [0.3, 0.4) is 0 Å². The van der Waals surface area contributed by atoms with E-state index in [0.29, 0.717) is 17.5 Å². The molecule has 0 saturated carbocycles. The van der Waals surface area contributed by atoms with Crippen molar-refractivity contribution in [3.63, 3.8) is 0 Å². The van der Waals surface area contributed by atoms with Crippen LogP contribution in [0.1, 0.15) is 5.56 Å². The van der Waals surface area contributed by atoms with E-state index in [1.807, 2.05) is 54.1 Å². The Morgan fingerprint density at radius 1 is 1.17 bits per heavy atom. The van der Waals surface area contributed by atoms with E-state index in [4.69, 9.17) is 0 Å². The molecule has 1 aromatic carbocycles. The Morgan fingerprint density at radius 3 is 2.75 bits per heavy atom. The maximum atomic E-state index is 12.0. The fraction of sp³-hybridized carbons (Fsp3) is 0.176. The molecule has 2 heterocycles. The van der Waals surface area contributed by atoms with Crippen molar-refractivity contribution in [1.82, 2.24) is 25.1 Å². The molecule has 122 valence electrons. The second-order valence-electron chi connectivity index (χ2n) is 5.16. The summed E-state index contributed by atoms with van der Waals surface area (Å²) in [4.78, 5) is 16.0. The van der Waals surface area contributed by atoms with Gasteiger partial charge in [-0.05, 0) is 11.6 Å². The minimum atomic E-state index is -0.0480. The maximum absolute atomic E-state index is 12.0. The Balaban J connectivity index is 1.55. The predicted molar refractivity (Wildman–Crippen MR) is 93.2 cm³/mol. The van der Waals surface area contributed by atoms with Gasteiger partial charge in [0.1, 0.15) is 0 Å². The third-order valence-electron chi connectivity index (χ3n) is 3.41. The molecule has 24 heavy (non-hydrogen) atoms. The molecule has 3 aromatic rings. The van der Waals surface area contributed by atoms with Gasteiger partial charge in [0, 0.05) is 31.5 Å². The van der Waals surface area contributed by atoms with Gasteiger partial charge in [-0.2, -0.15) is 0 Å². The molecule has 7 heteroatoms. The Bertz CT molecular complexity index is 804. The molecule has 0 atom stereocenters. The topological polar surface area (TPSA) is 72.7 Å². The summed E-state index contributed by atoms with van der Waals surface area (Å²) >= 11 is 1.37. The molecular formula is C17H17N5OS. The summed E-state index contributed by atoms with van der Waals surface area (Å²) in [6.07, 6.45) is 3.45. The first-order valence-electron chi connectivity index (χ1n) is 7.47. The molecule has 0 radical (unpaired) electrons. The number of nitrogens with zero attached hydrogens (tertiary/aromatic N) is 4. The number of amides is 1. The first-order valence-corrected chi connectivity index (χ1v) is 8.46. The van der Waals surface area contributed by atoms with Crippen LogP contribution < -0.4 is 5.32 Å². The number of hydrogen-bond donors (Lipinski definition) is 1. The minimum absolute atomic E-state index is 0.0480. The average molecular weight is 339 g/mol. The van der Waals surface area contributed by atoms with Crippen LogP contribution in [0.2, 0.25) is 0 Å². The van der Waals surface area contributed by atoms with Gasteiger partial charge in [-0.3, -0.25) is 9.78 Å².